The predicted octanol–water partition coefficient (Wildman–Crippen LogP) is 0.287. The Kier molecular flexibility index (Phi) is 6.76. The van der Waals surface area contributed by atoms with Crippen molar-refractivity contribution in [3.63, 3.8) is 0 Å². The lowest BCUT2D eigenvalue weighted by Crippen LogP contribution is -2.35. The van der Waals surface area contributed by atoms with Crippen molar-refractivity contribution in [3.05, 3.63) is 24.3 Å². The Morgan fingerprint density at radius 1 is 1.43 bits per heavy atom. The molecule has 0 fully saturated rings. The average molecular weight is 315 g/mol. The van der Waals surface area contributed by atoms with Gasteiger partial charge in [0.15, 0.2) is 0 Å². The molecule has 0 aliphatic heterocycles. The standard InChI is InChI=1S/C13H21N3O4S/c1-15-21(18,19)11-6-3-5-10(9-11)16-13(17)12(14)7-4-8-20-2/h3,5-6,9,12,15H,4,7-8,14H2,1-2H3,(H,16,17). The van der Waals surface area contributed by atoms with E-state index < -0.39 is 16.1 Å². The maximum absolute atomic E-state index is 11.9. The van der Waals surface area contributed by atoms with Gasteiger partial charge in [0, 0.05) is 19.4 Å². The fourth-order valence-corrected chi connectivity index (χ4v) is 2.45. The van der Waals surface area contributed by atoms with Crippen molar-refractivity contribution in [2.75, 3.05) is 26.1 Å². The highest BCUT2D eigenvalue weighted by molar-refractivity contribution is 7.89. The van der Waals surface area contributed by atoms with Crippen molar-refractivity contribution in [2.45, 2.75) is 23.8 Å². The second kappa shape index (κ2) is 8.08. The molecule has 0 heterocycles. The molecule has 118 valence electrons. The summed E-state index contributed by atoms with van der Waals surface area (Å²) in [6.45, 7) is 0.539. The van der Waals surface area contributed by atoms with Crippen LogP contribution in [0.15, 0.2) is 29.2 Å². The number of nitrogens with two attached hydrogens (primary N) is 1. The van der Waals surface area contributed by atoms with E-state index in [1.807, 2.05) is 0 Å². The maximum Gasteiger partial charge on any atom is 0.241 e. The second-order valence-electron chi connectivity index (χ2n) is 4.47. The first-order valence-corrected chi connectivity index (χ1v) is 7.98. The molecule has 4 N–H and O–H groups in total. The summed E-state index contributed by atoms with van der Waals surface area (Å²) in [6.07, 6.45) is 1.17. The van der Waals surface area contributed by atoms with Crippen molar-refractivity contribution in [2.24, 2.45) is 5.73 Å². The van der Waals surface area contributed by atoms with Crippen molar-refractivity contribution in [1.82, 2.24) is 4.72 Å². The van der Waals surface area contributed by atoms with Crippen LogP contribution in [0.5, 0.6) is 0 Å². The fraction of sp³-hybridized carbons (Fsp3) is 0.462. The molecule has 0 radical (unpaired) electrons. The van der Waals surface area contributed by atoms with Crippen LogP contribution in [0.3, 0.4) is 0 Å². The molecule has 0 spiro atoms. The van der Waals surface area contributed by atoms with Gasteiger partial charge in [-0.2, -0.15) is 0 Å². The van der Waals surface area contributed by atoms with E-state index in [0.717, 1.165) is 0 Å². The number of anilines is 1. The van der Waals surface area contributed by atoms with Gasteiger partial charge < -0.3 is 15.8 Å². The molecule has 1 amide bonds. The molecule has 21 heavy (non-hydrogen) atoms. The summed E-state index contributed by atoms with van der Waals surface area (Å²) in [5, 5.41) is 2.61. The summed E-state index contributed by atoms with van der Waals surface area (Å²) in [6, 6.07) is 5.32. The lowest BCUT2D eigenvalue weighted by molar-refractivity contribution is -0.117. The molecule has 1 unspecified atom stereocenters. The number of amides is 1. The van der Waals surface area contributed by atoms with E-state index in [9.17, 15) is 13.2 Å². The molecule has 0 saturated heterocycles. The Morgan fingerprint density at radius 3 is 2.76 bits per heavy atom. The van der Waals surface area contributed by atoms with Gasteiger partial charge in [-0.05, 0) is 38.1 Å². The quantitative estimate of drug-likeness (QED) is 0.597. The van der Waals surface area contributed by atoms with Crippen LogP contribution in [0.1, 0.15) is 12.8 Å². The van der Waals surface area contributed by atoms with E-state index in [1.54, 1.807) is 19.2 Å². The Hall–Kier alpha value is -1.48. The van der Waals surface area contributed by atoms with Crippen LogP contribution >= 0.6 is 0 Å². The third kappa shape index (κ3) is 5.43. The Morgan fingerprint density at radius 2 is 2.14 bits per heavy atom. The van der Waals surface area contributed by atoms with Crippen LogP contribution in [0.2, 0.25) is 0 Å². The molecule has 1 atom stereocenters. The molecule has 0 aliphatic carbocycles. The smallest absolute Gasteiger partial charge is 0.241 e. The Bertz CT molecular complexity index is 575. The van der Waals surface area contributed by atoms with Crippen molar-refractivity contribution >= 4 is 21.6 Å². The summed E-state index contributed by atoms with van der Waals surface area (Å²) < 4.78 is 30.5. The highest BCUT2D eigenvalue weighted by atomic mass is 32.2. The summed E-state index contributed by atoms with van der Waals surface area (Å²) >= 11 is 0. The Labute approximate surface area is 124 Å². The zero-order chi connectivity index (χ0) is 15.9. The number of carbonyl (C=O) groups is 1. The third-order valence-electron chi connectivity index (χ3n) is 2.88. The first kappa shape index (κ1) is 17.6. The summed E-state index contributed by atoms with van der Waals surface area (Å²) in [5.41, 5.74) is 6.15. The minimum absolute atomic E-state index is 0.0794. The molecule has 0 saturated carbocycles. The number of rotatable bonds is 8. The lowest BCUT2D eigenvalue weighted by Gasteiger charge is -2.12. The van der Waals surface area contributed by atoms with Gasteiger partial charge in [-0.15, -0.1) is 0 Å². The van der Waals surface area contributed by atoms with E-state index in [-0.39, 0.29) is 10.8 Å². The van der Waals surface area contributed by atoms with Crippen molar-refractivity contribution in [3.8, 4) is 0 Å². The first-order valence-electron chi connectivity index (χ1n) is 6.49. The Balaban J connectivity index is 2.71. The minimum atomic E-state index is -3.54. The highest BCUT2D eigenvalue weighted by Gasteiger charge is 2.15. The molecular formula is C13H21N3O4S. The van der Waals surface area contributed by atoms with Crippen molar-refractivity contribution in [1.29, 1.82) is 0 Å². The fourth-order valence-electron chi connectivity index (χ4n) is 1.67. The van der Waals surface area contributed by atoms with Gasteiger partial charge in [0.25, 0.3) is 0 Å². The van der Waals surface area contributed by atoms with Crippen LogP contribution in [0.25, 0.3) is 0 Å². The number of sulfonamides is 1. The van der Waals surface area contributed by atoms with E-state index in [2.05, 4.69) is 10.0 Å². The molecule has 1 aromatic carbocycles. The van der Waals surface area contributed by atoms with Crippen LogP contribution in [-0.4, -0.2) is 41.1 Å². The molecule has 1 aromatic rings. The van der Waals surface area contributed by atoms with Gasteiger partial charge in [-0.25, -0.2) is 13.1 Å². The number of ether oxygens (including phenoxy) is 1. The topological polar surface area (TPSA) is 111 Å². The lowest BCUT2D eigenvalue weighted by atomic mass is 10.1. The highest BCUT2D eigenvalue weighted by Crippen LogP contribution is 2.15. The van der Waals surface area contributed by atoms with Crippen LogP contribution in [0, 0.1) is 0 Å². The van der Waals surface area contributed by atoms with E-state index in [0.29, 0.717) is 25.1 Å². The zero-order valence-electron chi connectivity index (χ0n) is 12.1. The van der Waals surface area contributed by atoms with Crippen LogP contribution in [0.4, 0.5) is 5.69 Å². The van der Waals surface area contributed by atoms with Gasteiger partial charge in [-0.3, -0.25) is 4.79 Å². The molecule has 1 rings (SSSR count). The molecule has 0 aromatic heterocycles. The number of carbonyl (C=O) groups excluding carboxylic acids is 1. The first-order chi connectivity index (χ1) is 9.90. The van der Waals surface area contributed by atoms with Gasteiger partial charge in [-0.1, -0.05) is 6.07 Å². The van der Waals surface area contributed by atoms with E-state index in [4.69, 9.17) is 10.5 Å². The second-order valence-corrected chi connectivity index (χ2v) is 6.35. The normalized spacial score (nSPS) is 12.9. The minimum Gasteiger partial charge on any atom is -0.385 e. The van der Waals surface area contributed by atoms with E-state index in [1.165, 1.54) is 19.2 Å². The molecule has 0 aliphatic rings. The van der Waals surface area contributed by atoms with Gasteiger partial charge >= 0.3 is 0 Å². The van der Waals surface area contributed by atoms with E-state index >= 15 is 0 Å². The number of benzene rings is 1. The van der Waals surface area contributed by atoms with Gasteiger partial charge in [0.05, 0.1) is 10.9 Å². The predicted molar refractivity (Wildman–Crippen MR) is 80.4 cm³/mol. The summed E-state index contributed by atoms with van der Waals surface area (Å²) in [5.74, 6) is -0.356. The molecule has 7 nitrogen and oxygen atoms in total. The third-order valence-corrected chi connectivity index (χ3v) is 4.29. The number of methoxy groups -OCH3 is 1. The zero-order valence-corrected chi connectivity index (χ0v) is 12.9. The SMILES string of the molecule is CNS(=O)(=O)c1cccc(NC(=O)C(N)CCCOC)c1. The van der Waals surface area contributed by atoms with Gasteiger partial charge in [0.2, 0.25) is 15.9 Å². The molecule has 8 heteroatoms. The van der Waals surface area contributed by atoms with Crippen LogP contribution < -0.4 is 15.8 Å². The largest absolute Gasteiger partial charge is 0.385 e. The summed E-state index contributed by atoms with van der Waals surface area (Å²) in [7, 11) is -0.635. The molecule has 0 bridgehead atoms. The van der Waals surface area contributed by atoms with Crippen molar-refractivity contribution < 1.29 is 17.9 Å². The number of hydrogen-bond donors (Lipinski definition) is 3. The molecular weight excluding hydrogens is 294 g/mol. The van der Waals surface area contributed by atoms with Crippen LogP contribution in [-0.2, 0) is 19.6 Å². The average Bonchev–Trinajstić information content (AvgIpc) is 2.47. The van der Waals surface area contributed by atoms with Gasteiger partial charge in [0.1, 0.15) is 0 Å². The number of nitrogens with one attached hydrogen (secondary N) is 2. The maximum atomic E-state index is 11.9. The number of hydrogen-bond acceptors (Lipinski definition) is 5. The monoisotopic (exact) mass is 315 g/mol. The summed E-state index contributed by atoms with van der Waals surface area (Å²) in [4.78, 5) is 12.0.